The van der Waals surface area contributed by atoms with Crippen molar-refractivity contribution in [1.82, 2.24) is 5.43 Å². The maximum atomic E-state index is 12.3. The molecule has 1 N–H and O–H groups in total. The van der Waals surface area contributed by atoms with Gasteiger partial charge in [0.25, 0.3) is 5.91 Å². The van der Waals surface area contributed by atoms with Crippen LogP contribution in [0.3, 0.4) is 0 Å². The van der Waals surface area contributed by atoms with E-state index in [4.69, 9.17) is 14.2 Å². The van der Waals surface area contributed by atoms with Crippen molar-refractivity contribution in [1.29, 1.82) is 0 Å². The molecule has 0 aromatic heterocycles. The van der Waals surface area contributed by atoms with Gasteiger partial charge in [-0.05, 0) is 72.6 Å². The first-order valence-corrected chi connectivity index (χ1v) is 10.6. The summed E-state index contributed by atoms with van der Waals surface area (Å²) in [4.78, 5) is 24.6. The molecule has 0 fully saturated rings. The predicted molar refractivity (Wildman–Crippen MR) is 126 cm³/mol. The molecule has 170 valence electrons. The van der Waals surface area contributed by atoms with E-state index in [1.54, 1.807) is 79.9 Å². The molecule has 1 amide bonds. The molecule has 0 aliphatic rings. The fraction of sp³-hybridized carbons (Fsp3) is 0.192. The Labute approximate surface area is 193 Å². The lowest BCUT2D eigenvalue weighted by Crippen LogP contribution is -2.17. The summed E-state index contributed by atoms with van der Waals surface area (Å²) < 4.78 is 16.1. The van der Waals surface area contributed by atoms with E-state index in [2.05, 4.69) is 17.5 Å². The van der Waals surface area contributed by atoms with Gasteiger partial charge in [-0.1, -0.05) is 25.5 Å². The lowest BCUT2D eigenvalue weighted by atomic mass is 10.2. The number of hydrogen-bond donors (Lipinski definition) is 1. The molecule has 0 aliphatic carbocycles. The molecule has 0 saturated heterocycles. The number of ether oxygens (including phenoxy) is 3. The Morgan fingerprint density at radius 3 is 2.30 bits per heavy atom. The van der Waals surface area contributed by atoms with E-state index in [1.165, 1.54) is 6.21 Å². The molecule has 7 nitrogen and oxygen atoms in total. The van der Waals surface area contributed by atoms with Gasteiger partial charge in [0, 0.05) is 5.56 Å². The van der Waals surface area contributed by atoms with Crippen molar-refractivity contribution in [3.05, 3.63) is 89.5 Å². The third-order valence-electron chi connectivity index (χ3n) is 4.66. The minimum Gasteiger partial charge on any atom is -0.497 e. The largest absolute Gasteiger partial charge is 0.497 e. The van der Waals surface area contributed by atoms with Crippen LogP contribution in [0, 0.1) is 0 Å². The quantitative estimate of drug-likeness (QED) is 0.158. The van der Waals surface area contributed by atoms with Gasteiger partial charge in [-0.2, -0.15) is 5.10 Å². The van der Waals surface area contributed by atoms with Crippen LogP contribution in [0.5, 0.6) is 17.2 Å². The number of esters is 1. The number of benzene rings is 3. The Bertz CT molecular complexity index is 1090. The number of methoxy groups -OCH3 is 1. The summed E-state index contributed by atoms with van der Waals surface area (Å²) in [5.41, 5.74) is 4.02. The first-order valence-electron chi connectivity index (χ1n) is 10.6. The SMILES string of the molecule is CCCCOc1ccc(C(=O)N/N=C\c2cccc(OC(=O)c3ccc(OC)cc3)c2)cc1. The molecule has 3 aromatic rings. The normalized spacial score (nSPS) is 10.6. The van der Waals surface area contributed by atoms with Crippen LogP contribution in [-0.2, 0) is 0 Å². The summed E-state index contributed by atoms with van der Waals surface area (Å²) in [7, 11) is 1.56. The molecule has 0 heterocycles. The fourth-order valence-corrected chi connectivity index (χ4v) is 2.82. The van der Waals surface area contributed by atoms with Crippen LogP contribution in [0.4, 0.5) is 0 Å². The smallest absolute Gasteiger partial charge is 0.343 e. The highest BCUT2D eigenvalue weighted by atomic mass is 16.5. The average Bonchev–Trinajstić information content (AvgIpc) is 2.85. The van der Waals surface area contributed by atoms with E-state index in [0.29, 0.717) is 34.8 Å². The monoisotopic (exact) mass is 446 g/mol. The maximum absolute atomic E-state index is 12.3. The number of hydrogen-bond acceptors (Lipinski definition) is 6. The number of carbonyl (C=O) groups is 2. The highest BCUT2D eigenvalue weighted by Crippen LogP contribution is 2.17. The van der Waals surface area contributed by atoms with Gasteiger partial charge in [-0.15, -0.1) is 0 Å². The van der Waals surface area contributed by atoms with E-state index in [1.807, 2.05) is 0 Å². The van der Waals surface area contributed by atoms with Crippen molar-refractivity contribution in [2.24, 2.45) is 5.10 Å². The molecular weight excluding hydrogens is 420 g/mol. The van der Waals surface area contributed by atoms with Gasteiger partial charge in [0.1, 0.15) is 17.2 Å². The van der Waals surface area contributed by atoms with Gasteiger partial charge in [0.2, 0.25) is 0 Å². The van der Waals surface area contributed by atoms with Gasteiger partial charge in [-0.25, -0.2) is 10.2 Å². The van der Waals surface area contributed by atoms with Gasteiger partial charge >= 0.3 is 5.97 Å². The number of rotatable bonds is 10. The van der Waals surface area contributed by atoms with E-state index < -0.39 is 5.97 Å². The zero-order valence-corrected chi connectivity index (χ0v) is 18.6. The minimum absolute atomic E-state index is 0.339. The van der Waals surface area contributed by atoms with Crippen LogP contribution in [0.1, 0.15) is 46.0 Å². The van der Waals surface area contributed by atoms with Crippen LogP contribution in [0.25, 0.3) is 0 Å². The second-order valence-electron chi connectivity index (χ2n) is 7.12. The third-order valence-corrected chi connectivity index (χ3v) is 4.66. The molecule has 33 heavy (non-hydrogen) atoms. The highest BCUT2D eigenvalue weighted by molar-refractivity contribution is 5.95. The second-order valence-corrected chi connectivity index (χ2v) is 7.12. The van der Waals surface area contributed by atoms with E-state index in [0.717, 1.165) is 18.6 Å². The highest BCUT2D eigenvalue weighted by Gasteiger charge is 2.09. The summed E-state index contributed by atoms with van der Waals surface area (Å²) >= 11 is 0. The Hall–Kier alpha value is -4.13. The molecule has 0 unspecified atom stereocenters. The van der Waals surface area contributed by atoms with Crippen LogP contribution in [0.15, 0.2) is 77.9 Å². The molecule has 0 aliphatic heterocycles. The van der Waals surface area contributed by atoms with E-state index in [-0.39, 0.29) is 5.91 Å². The number of nitrogens with zero attached hydrogens (tertiary/aromatic N) is 1. The summed E-state index contributed by atoms with van der Waals surface area (Å²) in [6.45, 7) is 2.75. The van der Waals surface area contributed by atoms with Crippen molar-refractivity contribution in [2.75, 3.05) is 13.7 Å². The molecule has 0 saturated carbocycles. The van der Waals surface area contributed by atoms with Crippen molar-refractivity contribution < 1.29 is 23.8 Å². The van der Waals surface area contributed by atoms with E-state index >= 15 is 0 Å². The maximum Gasteiger partial charge on any atom is 0.343 e. The first-order chi connectivity index (χ1) is 16.1. The lowest BCUT2D eigenvalue weighted by molar-refractivity contribution is 0.0734. The lowest BCUT2D eigenvalue weighted by Gasteiger charge is -2.06. The van der Waals surface area contributed by atoms with Crippen molar-refractivity contribution in [3.63, 3.8) is 0 Å². The van der Waals surface area contributed by atoms with Gasteiger partial charge in [0.15, 0.2) is 0 Å². The molecular formula is C26H26N2O5. The molecule has 0 atom stereocenters. The van der Waals surface area contributed by atoms with Crippen molar-refractivity contribution in [2.45, 2.75) is 19.8 Å². The van der Waals surface area contributed by atoms with Gasteiger partial charge in [0.05, 0.1) is 25.5 Å². The van der Waals surface area contributed by atoms with Crippen LogP contribution in [-0.4, -0.2) is 31.8 Å². The Morgan fingerprint density at radius 2 is 1.61 bits per heavy atom. The standard InChI is InChI=1S/C26H26N2O5/c1-3-4-16-32-23-14-8-20(9-15-23)25(29)28-27-18-19-6-5-7-24(17-19)33-26(30)21-10-12-22(31-2)13-11-21/h5-15,17-18H,3-4,16H2,1-2H3,(H,28,29)/b27-18-. The van der Waals surface area contributed by atoms with Crippen molar-refractivity contribution >= 4 is 18.1 Å². The van der Waals surface area contributed by atoms with Gasteiger partial charge in [-0.3, -0.25) is 4.79 Å². The summed E-state index contributed by atoms with van der Waals surface area (Å²) in [6, 6.07) is 20.4. The zero-order valence-electron chi connectivity index (χ0n) is 18.6. The number of carbonyl (C=O) groups excluding carboxylic acids is 2. The number of unbranched alkanes of at least 4 members (excludes halogenated alkanes) is 1. The molecule has 0 bridgehead atoms. The molecule has 0 spiro atoms. The topological polar surface area (TPSA) is 86.2 Å². The molecule has 7 heteroatoms. The molecule has 0 radical (unpaired) electrons. The number of nitrogens with one attached hydrogen (secondary N) is 1. The Balaban J connectivity index is 1.54. The summed E-state index contributed by atoms with van der Waals surface area (Å²) in [6.07, 6.45) is 3.52. The number of amides is 1. The van der Waals surface area contributed by atoms with Crippen LogP contribution >= 0.6 is 0 Å². The third kappa shape index (κ3) is 7.21. The second kappa shape index (κ2) is 12.0. The van der Waals surface area contributed by atoms with E-state index in [9.17, 15) is 9.59 Å². The van der Waals surface area contributed by atoms with Crippen molar-refractivity contribution in [3.8, 4) is 17.2 Å². The zero-order chi connectivity index (χ0) is 23.5. The Morgan fingerprint density at radius 1 is 0.909 bits per heavy atom. The first kappa shape index (κ1) is 23.5. The predicted octanol–water partition coefficient (Wildman–Crippen LogP) is 4.86. The minimum atomic E-state index is -0.484. The Kier molecular flexibility index (Phi) is 8.59. The summed E-state index contributed by atoms with van der Waals surface area (Å²) in [5.74, 6) is 0.924. The number of hydrazone groups is 1. The molecule has 3 rings (SSSR count). The summed E-state index contributed by atoms with van der Waals surface area (Å²) in [5, 5.41) is 3.99. The van der Waals surface area contributed by atoms with Crippen LogP contribution < -0.4 is 19.6 Å². The van der Waals surface area contributed by atoms with Gasteiger partial charge < -0.3 is 14.2 Å². The molecule has 3 aromatic carbocycles. The van der Waals surface area contributed by atoms with Crippen LogP contribution in [0.2, 0.25) is 0 Å². The average molecular weight is 447 g/mol. The fourth-order valence-electron chi connectivity index (χ4n) is 2.82.